The van der Waals surface area contributed by atoms with E-state index in [9.17, 15) is 4.79 Å². The van der Waals surface area contributed by atoms with Crippen LogP contribution in [-0.4, -0.2) is 53.6 Å². The van der Waals surface area contributed by atoms with Gasteiger partial charge in [0.2, 0.25) is 0 Å². The topological polar surface area (TPSA) is 59.4 Å². The van der Waals surface area contributed by atoms with Crippen LogP contribution in [0.5, 0.6) is 0 Å². The molecule has 0 aromatic carbocycles. The van der Waals surface area contributed by atoms with E-state index in [0.717, 1.165) is 32.1 Å². The lowest BCUT2D eigenvalue weighted by Gasteiger charge is -2.37. The smallest absolute Gasteiger partial charge is 0.409 e. The lowest BCUT2D eigenvalue weighted by Crippen LogP contribution is -2.36. The molecule has 3 fully saturated rings. The average molecular weight is 348 g/mol. The molecule has 2 saturated heterocycles. The summed E-state index contributed by atoms with van der Waals surface area (Å²) in [5.41, 5.74) is 1.88. The van der Waals surface area contributed by atoms with Gasteiger partial charge in [0.05, 0.1) is 6.61 Å². The Hall–Kier alpha value is -1.56. The van der Waals surface area contributed by atoms with Gasteiger partial charge in [-0.25, -0.2) is 4.79 Å². The number of amides is 1. The normalized spacial score (nSPS) is 22.2. The molecule has 1 aromatic rings. The Morgan fingerprint density at radius 3 is 2.64 bits per heavy atom. The Morgan fingerprint density at radius 2 is 2.12 bits per heavy atom. The minimum atomic E-state index is -0.119. The zero-order valence-corrected chi connectivity index (χ0v) is 15.7. The van der Waals surface area contributed by atoms with Crippen LogP contribution in [0.3, 0.4) is 0 Å². The second-order valence-electron chi connectivity index (χ2n) is 7.63. The van der Waals surface area contributed by atoms with Crippen molar-refractivity contribution in [1.29, 1.82) is 0 Å². The Balaban J connectivity index is 0.000000146. The highest BCUT2D eigenvalue weighted by molar-refractivity contribution is 5.68. The van der Waals surface area contributed by atoms with Gasteiger partial charge in [0.1, 0.15) is 0 Å². The highest BCUT2D eigenvalue weighted by Gasteiger charge is 2.44. The summed E-state index contributed by atoms with van der Waals surface area (Å²) in [5.74, 6) is 0.721. The van der Waals surface area contributed by atoms with Gasteiger partial charge in [0, 0.05) is 37.9 Å². The van der Waals surface area contributed by atoms with E-state index in [0.29, 0.717) is 12.0 Å². The number of carbonyl (C=O) groups is 1. The zero-order chi connectivity index (χ0) is 17.7. The predicted molar refractivity (Wildman–Crippen MR) is 97.5 cm³/mol. The van der Waals surface area contributed by atoms with E-state index < -0.39 is 0 Å². The molecule has 1 spiro atoms. The van der Waals surface area contributed by atoms with E-state index in [-0.39, 0.29) is 6.09 Å². The van der Waals surface area contributed by atoms with Crippen molar-refractivity contribution in [3.63, 3.8) is 0 Å². The monoisotopic (exact) mass is 348 g/mol. The fourth-order valence-electron chi connectivity index (χ4n) is 4.29. The number of likely N-dealkylation sites (tertiary alicyclic amines) is 1. The molecule has 3 heterocycles. The first kappa shape index (κ1) is 18.2. The third-order valence-electron chi connectivity index (χ3n) is 5.99. The lowest BCUT2D eigenvalue weighted by atomic mass is 9.68. The number of carbonyl (C=O) groups excluding carboxylic acids is 1. The third-order valence-corrected chi connectivity index (χ3v) is 5.99. The summed E-state index contributed by atoms with van der Waals surface area (Å²) in [6.07, 6.45) is 9.41. The Morgan fingerprint density at radius 1 is 1.36 bits per heavy atom. The Bertz CT molecular complexity index is 562. The summed E-state index contributed by atoms with van der Waals surface area (Å²) in [4.78, 5) is 13.2. The minimum absolute atomic E-state index is 0.119. The average Bonchev–Trinajstić information content (AvgIpc) is 3.23. The number of ether oxygens (including phenoxy) is 1. The molecule has 1 amide bonds. The summed E-state index contributed by atoms with van der Waals surface area (Å²) in [7, 11) is 2.03. The van der Waals surface area contributed by atoms with Gasteiger partial charge in [-0.3, -0.25) is 4.68 Å². The van der Waals surface area contributed by atoms with Crippen molar-refractivity contribution in [2.75, 3.05) is 32.8 Å². The quantitative estimate of drug-likeness (QED) is 0.893. The highest BCUT2D eigenvalue weighted by Crippen LogP contribution is 2.47. The highest BCUT2D eigenvalue weighted by atomic mass is 16.6. The maximum Gasteiger partial charge on any atom is 0.409 e. The Labute approximate surface area is 150 Å². The summed E-state index contributed by atoms with van der Waals surface area (Å²) < 4.78 is 6.97. The maximum absolute atomic E-state index is 11.4. The van der Waals surface area contributed by atoms with Crippen molar-refractivity contribution >= 4 is 6.09 Å². The van der Waals surface area contributed by atoms with Crippen LogP contribution in [-0.2, 0) is 11.8 Å². The van der Waals surface area contributed by atoms with Crippen LogP contribution in [0.2, 0.25) is 0 Å². The van der Waals surface area contributed by atoms with E-state index in [1.54, 1.807) is 0 Å². The van der Waals surface area contributed by atoms with E-state index in [2.05, 4.69) is 16.5 Å². The summed E-state index contributed by atoms with van der Waals surface area (Å²) in [6.45, 7) is 6.48. The molecule has 6 nitrogen and oxygen atoms in total. The molecule has 0 radical (unpaired) electrons. The van der Waals surface area contributed by atoms with Gasteiger partial charge in [-0.05, 0) is 63.6 Å². The molecule has 0 atom stereocenters. The number of rotatable bonds is 2. The number of aryl methyl sites for hydroxylation is 1. The largest absolute Gasteiger partial charge is 0.450 e. The molecular formula is C19H32N4O2. The second kappa shape index (κ2) is 8.21. The molecule has 0 bridgehead atoms. The number of aromatic nitrogens is 2. The van der Waals surface area contributed by atoms with Gasteiger partial charge < -0.3 is 15.0 Å². The predicted octanol–water partition coefficient (Wildman–Crippen LogP) is 2.91. The van der Waals surface area contributed by atoms with Crippen molar-refractivity contribution in [1.82, 2.24) is 20.0 Å². The third kappa shape index (κ3) is 4.35. The van der Waals surface area contributed by atoms with Gasteiger partial charge in [-0.2, -0.15) is 5.10 Å². The molecule has 6 heteroatoms. The van der Waals surface area contributed by atoms with Crippen LogP contribution in [0.4, 0.5) is 4.79 Å². The molecular weight excluding hydrogens is 316 g/mol. The number of hydrogen-bond acceptors (Lipinski definition) is 4. The van der Waals surface area contributed by atoms with Crippen LogP contribution in [0, 0.1) is 5.41 Å². The second-order valence-corrected chi connectivity index (χ2v) is 7.63. The molecule has 1 N–H and O–H groups in total. The van der Waals surface area contributed by atoms with Crippen molar-refractivity contribution in [2.45, 2.75) is 51.4 Å². The molecule has 1 saturated carbocycles. The molecule has 140 valence electrons. The lowest BCUT2D eigenvalue weighted by molar-refractivity contribution is 0.0974. The number of nitrogens with zero attached hydrogens (tertiary/aromatic N) is 3. The molecule has 1 aliphatic carbocycles. The molecule has 3 aliphatic rings. The number of piperidine rings is 1. The van der Waals surface area contributed by atoms with Crippen molar-refractivity contribution in [2.24, 2.45) is 12.5 Å². The fourth-order valence-corrected chi connectivity index (χ4v) is 4.29. The molecule has 2 aliphatic heterocycles. The number of nitrogens with one attached hydrogen (secondary N) is 1. The van der Waals surface area contributed by atoms with Crippen molar-refractivity contribution < 1.29 is 9.53 Å². The van der Waals surface area contributed by atoms with Crippen LogP contribution in [0.25, 0.3) is 0 Å². The number of hydrogen-bond donors (Lipinski definition) is 1. The van der Waals surface area contributed by atoms with Gasteiger partial charge in [-0.15, -0.1) is 0 Å². The van der Waals surface area contributed by atoms with Crippen LogP contribution in [0.1, 0.15) is 57.1 Å². The van der Waals surface area contributed by atoms with E-state index >= 15 is 0 Å². The Kier molecular flexibility index (Phi) is 5.99. The molecule has 1 aromatic heterocycles. The summed E-state index contributed by atoms with van der Waals surface area (Å²) in [5, 5.41) is 7.55. The zero-order valence-electron chi connectivity index (χ0n) is 15.7. The van der Waals surface area contributed by atoms with Crippen LogP contribution >= 0.6 is 0 Å². The van der Waals surface area contributed by atoms with Gasteiger partial charge in [0.15, 0.2) is 0 Å². The van der Waals surface area contributed by atoms with Crippen molar-refractivity contribution in [3.05, 3.63) is 18.0 Å². The SMILES string of the molecule is CCOC(=O)N1CCC2(CCC2)C1.Cn1nccc1C1CCNCC1. The van der Waals surface area contributed by atoms with Gasteiger partial charge in [-0.1, -0.05) is 6.42 Å². The first-order valence-corrected chi connectivity index (χ1v) is 9.74. The maximum atomic E-state index is 11.4. The first-order valence-electron chi connectivity index (χ1n) is 9.74. The summed E-state index contributed by atoms with van der Waals surface area (Å²) >= 11 is 0. The molecule has 25 heavy (non-hydrogen) atoms. The van der Waals surface area contributed by atoms with E-state index in [4.69, 9.17) is 4.74 Å². The fraction of sp³-hybridized carbons (Fsp3) is 0.789. The molecule has 4 rings (SSSR count). The van der Waals surface area contributed by atoms with Crippen LogP contribution < -0.4 is 5.32 Å². The first-order chi connectivity index (χ1) is 12.1. The molecule has 0 unspecified atom stereocenters. The standard InChI is InChI=1S/C10H17NO2.C9H15N3/c1-2-13-9(12)11-7-6-10(8-11)4-3-5-10;1-12-9(4-7-11-12)8-2-5-10-6-3-8/h2-8H2,1H3;4,7-8,10H,2-3,5-6H2,1H3. The van der Waals surface area contributed by atoms with E-state index in [1.165, 1.54) is 44.2 Å². The van der Waals surface area contributed by atoms with Crippen LogP contribution in [0.15, 0.2) is 12.3 Å². The van der Waals surface area contributed by atoms with Gasteiger partial charge in [0.25, 0.3) is 0 Å². The van der Waals surface area contributed by atoms with Gasteiger partial charge >= 0.3 is 6.09 Å². The van der Waals surface area contributed by atoms with E-state index in [1.807, 2.05) is 29.7 Å². The minimum Gasteiger partial charge on any atom is -0.450 e. The van der Waals surface area contributed by atoms with Crippen molar-refractivity contribution in [3.8, 4) is 0 Å². The summed E-state index contributed by atoms with van der Waals surface area (Å²) in [6, 6.07) is 2.13.